The van der Waals surface area contributed by atoms with Gasteiger partial charge in [0.1, 0.15) is 11.5 Å². The van der Waals surface area contributed by atoms with Crippen LogP contribution in [0.25, 0.3) is 0 Å². The predicted octanol–water partition coefficient (Wildman–Crippen LogP) is 2.63. The zero-order chi connectivity index (χ0) is 14.3. The molecule has 2 saturated carbocycles. The van der Waals surface area contributed by atoms with E-state index in [1.165, 1.54) is 6.42 Å². The second-order valence-electron chi connectivity index (χ2n) is 6.65. The second kappa shape index (κ2) is 4.92. The fraction of sp³-hybridized carbons (Fsp3) is 0.688. The molecule has 1 amide bonds. The molecule has 1 aromatic rings. The molecular weight excluding hydrogens is 252 g/mol. The molecule has 0 bridgehead atoms. The first kappa shape index (κ1) is 13.7. The predicted molar refractivity (Wildman–Crippen MR) is 77.1 cm³/mol. The molecule has 2 unspecified atom stereocenters. The molecule has 2 N–H and O–H groups in total. The third-order valence-electron chi connectivity index (χ3n) is 4.82. The molecule has 0 radical (unpaired) electrons. The standard InChI is InChI=1S/C16H24N2O2/c1-11-9-13(11)14-6-5-12(20-14)10-18(2)15(19)16(17)7-3-4-8-16/h5-6,11,13H,3-4,7-10,17H2,1-2H3. The Morgan fingerprint density at radius 2 is 2.10 bits per heavy atom. The molecule has 1 aromatic heterocycles. The lowest BCUT2D eigenvalue weighted by atomic mass is 9.97. The Balaban J connectivity index is 1.62. The zero-order valence-electron chi connectivity index (χ0n) is 12.4. The summed E-state index contributed by atoms with van der Waals surface area (Å²) in [6.45, 7) is 2.75. The molecule has 2 atom stereocenters. The lowest BCUT2D eigenvalue weighted by Gasteiger charge is -2.28. The molecule has 0 aromatic carbocycles. The van der Waals surface area contributed by atoms with Crippen LogP contribution < -0.4 is 5.73 Å². The summed E-state index contributed by atoms with van der Waals surface area (Å²) in [5, 5.41) is 0. The number of furan rings is 1. The van der Waals surface area contributed by atoms with Gasteiger partial charge in [-0.2, -0.15) is 0 Å². The highest BCUT2D eigenvalue weighted by Crippen LogP contribution is 2.47. The van der Waals surface area contributed by atoms with Gasteiger partial charge in [-0.25, -0.2) is 0 Å². The van der Waals surface area contributed by atoms with E-state index in [4.69, 9.17) is 10.2 Å². The van der Waals surface area contributed by atoms with Gasteiger partial charge in [0.2, 0.25) is 5.91 Å². The van der Waals surface area contributed by atoms with Gasteiger partial charge in [-0.05, 0) is 37.3 Å². The third kappa shape index (κ3) is 2.49. The molecule has 110 valence electrons. The van der Waals surface area contributed by atoms with Crippen LogP contribution in [0.1, 0.15) is 56.5 Å². The first-order valence-corrected chi connectivity index (χ1v) is 7.63. The molecule has 0 spiro atoms. The average Bonchev–Trinajstić information content (AvgIpc) is 2.83. The number of amides is 1. The fourth-order valence-electron chi connectivity index (χ4n) is 3.30. The van der Waals surface area contributed by atoms with Crippen molar-refractivity contribution in [3.8, 4) is 0 Å². The summed E-state index contributed by atoms with van der Waals surface area (Å²) in [5.74, 6) is 3.29. The summed E-state index contributed by atoms with van der Waals surface area (Å²) < 4.78 is 5.86. The van der Waals surface area contributed by atoms with Crippen LogP contribution in [0.15, 0.2) is 16.5 Å². The van der Waals surface area contributed by atoms with Gasteiger partial charge >= 0.3 is 0 Å². The monoisotopic (exact) mass is 276 g/mol. The minimum absolute atomic E-state index is 0.0488. The van der Waals surface area contributed by atoms with Crippen molar-refractivity contribution in [3.05, 3.63) is 23.7 Å². The van der Waals surface area contributed by atoms with Crippen molar-refractivity contribution in [1.29, 1.82) is 0 Å². The minimum atomic E-state index is -0.644. The van der Waals surface area contributed by atoms with E-state index >= 15 is 0 Å². The Morgan fingerprint density at radius 1 is 1.45 bits per heavy atom. The van der Waals surface area contributed by atoms with Gasteiger partial charge in [-0.15, -0.1) is 0 Å². The van der Waals surface area contributed by atoms with Gasteiger partial charge < -0.3 is 15.1 Å². The van der Waals surface area contributed by atoms with Crippen molar-refractivity contribution in [2.45, 2.75) is 57.0 Å². The van der Waals surface area contributed by atoms with E-state index in [0.29, 0.717) is 12.5 Å². The number of carbonyl (C=O) groups is 1. The number of nitrogens with zero attached hydrogens (tertiary/aromatic N) is 1. The summed E-state index contributed by atoms with van der Waals surface area (Å²) in [5.41, 5.74) is 5.57. The molecular formula is C16H24N2O2. The van der Waals surface area contributed by atoms with E-state index in [9.17, 15) is 4.79 Å². The number of rotatable bonds is 4. The smallest absolute Gasteiger partial charge is 0.242 e. The van der Waals surface area contributed by atoms with E-state index in [0.717, 1.165) is 43.1 Å². The van der Waals surface area contributed by atoms with Crippen molar-refractivity contribution in [2.75, 3.05) is 7.05 Å². The number of likely N-dealkylation sites (N-methyl/N-ethyl adjacent to an activating group) is 1. The highest BCUT2D eigenvalue weighted by molar-refractivity contribution is 5.86. The quantitative estimate of drug-likeness (QED) is 0.919. The van der Waals surface area contributed by atoms with Gasteiger partial charge in [-0.1, -0.05) is 19.8 Å². The van der Waals surface area contributed by atoms with Crippen LogP contribution in [0.2, 0.25) is 0 Å². The summed E-state index contributed by atoms with van der Waals surface area (Å²) in [4.78, 5) is 14.1. The summed E-state index contributed by atoms with van der Waals surface area (Å²) in [7, 11) is 1.82. The minimum Gasteiger partial charge on any atom is -0.464 e. The second-order valence-corrected chi connectivity index (χ2v) is 6.65. The normalized spacial score (nSPS) is 27.6. The van der Waals surface area contributed by atoms with Crippen LogP contribution in [0.3, 0.4) is 0 Å². The van der Waals surface area contributed by atoms with Gasteiger partial charge in [-0.3, -0.25) is 4.79 Å². The maximum absolute atomic E-state index is 12.4. The molecule has 20 heavy (non-hydrogen) atoms. The number of carbonyl (C=O) groups excluding carboxylic acids is 1. The summed E-state index contributed by atoms with van der Waals surface area (Å²) in [6.07, 6.45) is 4.94. The Morgan fingerprint density at radius 3 is 2.70 bits per heavy atom. The topological polar surface area (TPSA) is 59.5 Å². The van der Waals surface area contributed by atoms with Gasteiger partial charge in [0.15, 0.2) is 0 Å². The lowest BCUT2D eigenvalue weighted by Crippen LogP contribution is -2.52. The maximum atomic E-state index is 12.4. The van der Waals surface area contributed by atoms with Crippen LogP contribution in [0.4, 0.5) is 0 Å². The van der Waals surface area contributed by atoms with E-state index in [1.807, 2.05) is 13.1 Å². The van der Waals surface area contributed by atoms with E-state index in [1.54, 1.807) is 4.90 Å². The lowest BCUT2D eigenvalue weighted by molar-refractivity contribution is -0.136. The Labute approximate surface area is 120 Å². The van der Waals surface area contributed by atoms with Crippen molar-refractivity contribution < 1.29 is 9.21 Å². The largest absolute Gasteiger partial charge is 0.464 e. The summed E-state index contributed by atoms with van der Waals surface area (Å²) in [6, 6.07) is 4.04. The number of nitrogens with two attached hydrogens (primary N) is 1. The van der Waals surface area contributed by atoms with E-state index < -0.39 is 5.54 Å². The summed E-state index contributed by atoms with van der Waals surface area (Å²) >= 11 is 0. The number of hydrogen-bond acceptors (Lipinski definition) is 3. The maximum Gasteiger partial charge on any atom is 0.242 e. The molecule has 2 fully saturated rings. The third-order valence-corrected chi connectivity index (χ3v) is 4.82. The van der Waals surface area contributed by atoms with Crippen LogP contribution in [0, 0.1) is 5.92 Å². The van der Waals surface area contributed by atoms with Crippen LogP contribution >= 0.6 is 0 Å². The van der Waals surface area contributed by atoms with Crippen LogP contribution in [-0.2, 0) is 11.3 Å². The average molecular weight is 276 g/mol. The van der Waals surface area contributed by atoms with Crippen molar-refractivity contribution in [3.63, 3.8) is 0 Å². The van der Waals surface area contributed by atoms with E-state index in [2.05, 4.69) is 13.0 Å². The highest BCUT2D eigenvalue weighted by atomic mass is 16.3. The molecule has 3 rings (SSSR count). The van der Waals surface area contributed by atoms with Crippen LogP contribution in [0.5, 0.6) is 0 Å². The molecule has 2 aliphatic carbocycles. The Bertz CT molecular complexity index is 502. The first-order valence-electron chi connectivity index (χ1n) is 7.63. The van der Waals surface area contributed by atoms with E-state index in [-0.39, 0.29) is 5.91 Å². The Kier molecular flexibility index (Phi) is 3.36. The van der Waals surface area contributed by atoms with Gasteiger partial charge in [0, 0.05) is 13.0 Å². The first-order chi connectivity index (χ1) is 9.49. The molecule has 1 heterocycles. The van der Waals surface area contributed by atoms with Crippen molar-refractivity contribution in [1.82, 2.24) is 4.90 Å². The molecule has 0 aliphatic heterocycles. The van der Waals surface area contributed by atoms with Crippen molar-refractivity contribution in [2.24, 2.45) is 11.7 Å². The molecule has 0 saturated heterocycles. The molecule has 4 heteroatoms. The highest BCUT2D eigenvalue weighted by Gasteiger charge is 2.39. The van der Waals surface area contributed by atoms with Crippen molar-refractivity contribution >= 4 is 5.91 Å². The SMILES string of the molecule is CC1CC1c1ccc(CN(C)C(=O)C2(N)CCCC2)o1. The fourth-order valence-corrected chi connectivity index (χ4v) is 3.30. The zero-order valence-corrected chi connectivity index (χ0v) is 12.4. The van der Waals surface area contributed by atoms with Gasteiger partial charge in [0.05, 0.1) is 12.1 Å². The van der Waals surface area contributed by atoms with Gasteiger partial charge in [0.25, 0.3) is 0 Å². The molecule has 4 nitrogen and oxygen atoms in total. The Hall–Kier alpha value is -1.29. The molecule has 2 aliphatic rings. The van der Waals surface area contributed by atoms with Crippen LogP contribution in [-0.4, -0.2) is 23.4 Å². The number of hydrogen-bond donors (Lipinski definition) is 1.